The summed E-state index contributed by atoms with van der Waals surface area (Å²) in [4.78, 5) is 8.51. The van der Waals surface area contributed by atoms with E-state index in [0.717, 1.165) is 30.9 Å². The van der Waals surface area contributed by atoms with Gasteiger partial charge in [0.25, 0.3) is 0 Å². The third kappa shape index (κ3) is 3.37. The number of anilines is 1. The Bertz CT molecular complexity index is 298. The molecule has 0 aromatic carbocycles. The van der Waals surface area contributed by atoms with Gasteiger partial charge in [-0.05, 0) is 31.6 Å². The molecule has 1 aromatic heterocycles. The lowest BCUT2D eigenvalue weighted by Crippen LogP contribution is -2.32. The first-order chi connectivity index (χ1) is 7.65. The summed E-state index contributed by atoms with van der Waals surface area (Å²) in [6, 6.07) is 0. The molecule has 0 bridgehead atoms. The molecule has 0 radical (unpaired) electrons. The van der Waals surface area contributed by atoms with Crippen LogP contribution in [-0.4, -0.2) is 27.5 Å². The molecule has 90 valence electrons. The van der Waals surface area contributed by atoms with Crippen molar-refractivity contribution in [2.75, 3.05) is 18.1 Å². The van der Waals surface area contributed by atoms with E-state index in [9.17, 15) is 0 Å². The van der Waals surface area contributed by atoms with Crippen LogP contribution < -0.4 is 5.32 Å². The standard InChI is InChI=1S/C12H21N3S/c1-5-12(6-2,16-4)9-15-11-13-7-10(3)8-14-11/h7-8H,5-6,9H2,1-4H3,(H,13,14,15). The van der Waals surface area contributed by atoms with E-state index in [0.29, 0.717) is 4.75 Å². The van der Waals surface area contributed by atoms with Gasteiger partial charge >= 0.3 is 0 Å². The molecule has 0 aliphatic heterocycles. The Morgan fingerprint density at radius 3 is 2.25 bits per heavy atom. The van der Waals surface area contributed by atoms with Gasteiger partial charge in [-0.15, -0.1) is 0 Å². The lowest BCUT2D eigenvalue weighted by atomic mass is 10.0. The summed E-state index contributed by atoms with van der Waals surface area (Å²) in [5.74, 6) is 0.728. The van der Waals surface area contributed by atoms with E-state index in [1.54, 1.807) is 0 Å². The molecule has 1 rings (SSSR count). The Kier molecular flexibility index (Phi) is 5.06. The Morgan fingerprint density at radius 2 is 1.81 bits per heavy atom. The SMILES string of the molecule is CCC(CC)(CNc1ncc(C)cn1)SC. The van der Waals surface area contributed by atoms with E-state index in [-0.39, 0.29) is 0 Å². The molecule has 4 heteroatoms. The molecule has 0 atom stereocenters. The van der Waals surface area contributed by atoms with Crippen LogP contribution in [0, 0.1) is 6.92 Å². The number of hydrogen-bond acceptors (Lipinski definition) is 4. The number of aromatic nitrogens is 2. The van der Waals surface area contributed by atoms with Gasteiger partial charge in [0.15, 0.2) is 0 Å². The van der Waals surface area contributed by atoms with Crippen LogP contribution in [0.25, 0.3) is 0 Å². The first-order valence-electron chi connectivity index (χ1n) is 5.73. The van der Waals surface area contributed by atoms with Gasteiger partial charge in [0.2, 0.25) is 5.95 Å². The van der Waals surface area contributed by atoms with Crippen molar-refractivity contribution in [2.45, 2.75) is 38.4 Å². The third-order valence-corrected chi connectivity index (χ3v) is 4.66. The highest BCUT2D eigenvalue weighted by Gasteiger charge is 2.24. The molecule has 0 amide bonds. The molecular formula is C12H21N3S. The Labute approximate surface area is 102 Å². The number of hydrogen-bond donors (Lipinski definition) is 1. The topological polar surface area (TPSA) is 37.8 Å². The molecule has 1 aromatic rings. The zero-order valence-electron chi connectivity index (χ0n) is 10.6. The lowest BCUT2D eigenvalue weighted by molar-refractivity contribution is 0.573. The molecule has 0 saturated heterocycles. The van der Waals surface area contributed by atoms with Crippen molar-refractivity contribution >= 4 is 17.7 Å². The van der Waals surface area contributed by atoms with Crippen molar-refractivity contribution < 1.29 is 0 Å². The molecule has 0 spiro atoms. The van der Waals surface area contributed by atoms with E-state index in [4.69, 9.17) is 0 Å². The average molecular weight is 239 g/mol. The summed E-state index contributed by atoms with van der Waals surface area (Å²) in [7, 11) is 0. The van der Waals surface area contributed by atoms with Crippen LogP contribution in [0.15, 0.2) is 12.4 Å². The summed E-state index contributed by atoms with van der Waals surface area (Å²) in [5, 5.41) is 3.32. The van der Waals surface area contributed by atoms with Crippen LogP contribution in [-0.2, 0) is 0 Å². The van der Waals surface area contributed by atoms with Crippen molar-refractivity contribution in [1.82, 2.24) is 9.97 Å². The van der Waals surface area contributed by atoms with E-state index < -0.39 is 0 Å². The fourth-order valence-corrected chi connectivity index (χ4v) is 2.38. The molecule has 3 nitrogen and oxygen atoms in total. The number of thioether (sulfide) groups is 1. The van der Waals surface area contributed by atoms with Crippen molar-refractivity contribution in [3.05, 3.63) is 18.0 Å². The van der Waals surface area contributed by atoms with Crippen LogP contribution >= 0.6 is 11.8 Å². The van der Waals surface area contributed by atoms with Crippen LogP contribution in [0.3, 0.4) is 0 Å². The van der Waals surface area contributed by atoms with Gasteiger partial charge < -0.3 is 5.32 Å². The Morgan fingerprint density at radius 1 is 1.25 bits per heavy atom. The first-order valence-corrected chi connectivity index (χ1v) is 6.96. The summed E-state index contributed by atoms with van der Waals surface area (Å²) >= 11 is 1.92. The van der Waals surface area contributed by atoms with Crippen LogP contribution in [0.2, 0.25) is 0 Å². The van der Waals surface area contributed by atoms with Gasteiger partial charge in [0.1, 0.15) is 0 Å². The van der Waals surface area contributed by atoms with E-state index in [1.807, 2.05) is 31.1 Å². The summed E-state index contributed by atoms with van der Waals surface area (Å²) in [6.45, 7) is 7.38. The van der Waals surface area contributed by atoms with Crippen molar-refractivity contribution in [2.24, 2.45) is 0 Å². The molecule has 0 aliphatic rings. The maximum atomic E-state index is 4.25. The number of aryl methyl sites for hydroxylation is 1. The molecule has 0 fully saturated rings. The smallest absolute Gasteiger partial charge is 0.222 e. The molecule has 0 aliphatic carbocycles. The second-order valence-corrected chi connectivity index (χ2v) is 5.31. The number of nitrogens with one attached hydrogen (secondary N) is 1. The fraction of sp³-hybridized carbons (Fsp3) is 0.667. The molecular weight excluding hydrogens is 218 g/mol. The van der Waals surface area contributed by atoms with Gasteiger partial charge in [-0.3, -0.25) is 0 Å². The second-order valence-electron chi connectivity index (χ2n) is 4.03. The van der Waals surface area contributed by atoms with Crippen LogP contribution in [0.5, 0.6) is 0 Å². The number of nitrogens with zero attached hydrogens (tertiary/aromatic N) is 2. The van der Waals surface area contributed by atoms with Crippen molar-refractivity contribution in [3.63, 3.8) is 0 Å². The quantitative estimate of drug-likeness (QED) is 0.827. The van der Waals surface area contributed by atoms with Crippen molar-refractivity contribution in [3.8, 4) is 0 Å². The maximum absolute atomic E-state index is 4.25. The van der Waals surface area contributed by atoms with Crippen LogP contribution in [0.4, 0.5) is 5.95 Å². The predicted octanol–water partition coefficient (Wildman–Crippen LogP) is 3.12. The number of rotatable bonds is 6. The molecule has 0 unspecified atom stereocenters. The van der Waals surface area contributed by atoms with Crippen LogP contribution in [0.1, 0.15) is 32.3 Å². The van der Waals surface area contributed by atoms with Crippen molar-refractivity contribution in [1.29, 1.82) is 0 Å². The lowest BCUT2D eigenvalue weighted by Gasteiger charge is -2.29. The summed E-state index contributed by atoms with van der Waals surface area (Å²) in [5.41, 5.74) is 1.09. The monoisotopic (exact) mass is 239 g/mol. The highest BCUT2D eigenvalue weighted by atomic mass is 32.2. The van der Waals surface area contributed by atoms with Gasteiger partial charge in [0.05, 0.1) is 0 Å². The third-order valence-electron chi connectivity index (χ3n) is 3.07. The maximum Gasteiger partial charge on any atom is 0.222 e. The first kappa shape index (κ1) is 13.3. The summed E-state index contributed by atoms with van der Waals surface area (Å²) < 4.78 is 0.300. The van der Waals surface area contributed by atoms with Gasteiger partial charge in [-0.25, -0.2) is 9.97 Å². The zero-order chi connectivity index (χ0) is 12.0. The normalized spacial score (nSPS) is 11.5. The fourth-order valence-electron chi connectivity index (χ4n) is 1.58. The average Bonchev–Trinajstić information content (AvgIpc) is 2.34. The van der Waals surface area contributed by atoms with E-state index in [1.165, 1.54) is 0 Å². The van der Waals surface area contributed by atoms with Gasteiger partial charge in [-0.1, -0.05) is 13.8 Å². The minimum atomic E-state index is 0.300. The Balaban J connectivity index is 2.58. The van der Waals surface area contributed by atoms with E-state index >= 15 is 0 Å². The predicted molar refractivity (Wildman–Crippen MR) is 72.1 cm³/mol. The minimum Gasteiger partial charge on any atom is -0.353 e. The molecule has 1 N–H and O–H groups in total. The minimum absolute atomic E-state index is 0.300. The largest absolute Gasteiger partial charge is 0.353 e. The van der Waals surface area contributed by atoms with Gasteiger partial charge in [-0.2, -0.15) is 11.8 Å². The molecule has 1 heterocycles. The molecule has 0 saturated carbocycles. The molecule has 16 heavy (non-hydrogen) atoms. The highest BCUT2D eigenvalue weighted by Crippen LogP contribution is 2.30. The summed E-state index contributed by atoms with van der Waals surface area (Å²) in [6.07, 6.45) is 8.17. The zero-order valence-corrected chi connectivity index (χ0v) is 11.4. The second kappa shape index (κ2) is 6.09. The Hall–Kier alpha value is -0.770. The van der Waals surface area contributed by atoms with Gasteiger partial charge in [0, 0.05) is 23.7 Å². The van der Waals surface area contributed by atoms with E-state index in [2.05, 4.69) is 35.4 Å². The highest BCUT2D eigenvalue weighted by molar-refractivity contribution is 8.00.